The Morgan fingerprint density at radius 1 is 1.32 bits per heavy atom. The molecule has 0 saturated carbocycles. The van der Waals surface area contributed by atoms with Crippen LogP contribution in [0.1, 0.15) is 48.0 Å². The van der Waals surface area contributed by atoms with Crippen molar-refractivity contribution in [1.29, 1.82) is 0 Å². The highest BCUT2D eigenvalue weighted by Gasteiger charge is 2.22. The van der Waals surface area contributed by atoms with Crippen LogP contribution in [0.3, 0.4) is 0 Å². The first-order valence-electron chi connectivity index (χ1n) is 7.54. The molecule has 0 bridgehead atoms. The van der Waals surface area contributed by atoms with E-state index >= 15 is 0 Å². The lowest BCUT2D eigenvalue weighted by Gasteiger charge is -2.21. The van der Waals surface area contributed by atoms with Crippen LogP contribution in [0, 0.1) is 13.8 Å². The molecule has 1 aromatic rings. The van der Waals surface area contributed by atoms with Crippen molar-refractivity contribution >= 4 is 34.9 Å². The number of thiophene rings is 1. The molecule has 0 aliphatic rings. The van der Waals surface area contributed by atoms with Crippen molar-refractivity contribution in [2.24, 2.45) is 0 Å². The van der Waals surface area contributed by atoms with E-state index in [4.69, 9.17) is 0 Å². The fraction of sp³-hybridized carbons (Fsp3) is 0.625. The second-order valence-corrected chi connectivity index (χ2v) is 7.80. The minimum atomic E-state index is -0.456. The predicted octanol–water partition coefficient (Wildman–Crippen LogP) is 3.19. The molecular weight excluding hydrogens is 316 g/mol. The second kappa shape index (κ2) is 9.20. The third-order valence-corrected chi connectivity index (χ3v) is 5.11. The van der Waals surface area contributed by atoms with E-state index in [1.165, 1.54) is 9.75 Å². The van der Waals surface area contributed by atoms with Gasteiger partial charge in [0.15, 0.2) is 0 Å². The fourth-order valence-corrected chi connectivity index (χ4v) is 3.77. The zero-order valence-corrected chi connectivity index (χ0v) is 15.6. The van der Waals surface area contributed by atoms with Gasteiger partial charge in [0, 0.05) is 16.2 Å². The van der Waals surface area contributed by atoms with Crippen LogP contribution in [-0.4, -0.2) is 29.9 Å². The first-order valence-corrected chi connectivity index (χ1v) is 9.75. The lowest BCUT2D eigenvalue weighted by atomic mass is 10.1. The monoisotopic (exact) mass is 342 g/mol. The van der Waals surface area contributed by atoms with Gasteiger partial charge in [-0.15, -0.1) is 11.3 Å². The van der Waals surface area contributed by atoms with Crippen molar-refractivity contribution in [2.45, 2.75) is 52.6 Å². The number of rotatable bonds is 8. The van der Waals surface area contributed by atoms with Gasteiger partial charge in [-0.05, 0) is 50.8 Å². The van der Waals surface area contributed by atoms with Crippen molar-refractivity contribution in [3.8, 4) is 0 Å². The minimum absolute atomic E-state index is 0.0484. The van der Waals surface area contributed by atoms with Gasteiger partial charge in [0.05, 0.1) is 6.04 Å². The molecule has 2 N–H and O–H groups in total. The molecule has 2 amide bonds. The zero-order valence-electron chi connectivity index (χ0n) is 14.0. The number of thioether (sulfide) groups is 1. The van der Waals surface area contributed by atoms with E-state index in [2.05, 4.69) is 30.5 Å². The molecule has 2 atom stereocenters. The zero-order chi connectivity index (χ0) is 16.7. The molecule has 6 heteroatoms. The van der Waals surface area contributed by atoms with E-state index in [1.807, 2.05) is 13.2 Å². The topological polar surface area (TPSA) is 58.2 Å². The summed E-state index contributed by atoms with van der Waals surface area (Å²) in [6.45, 7) is 7.91. The van der Waals surface area contributed by atoms with Crippen LogP contribution in [0.15, 0.2) is 6.07 Å². The predicted molar refractivity (Wildman–Crippen MR) is 95.6 cm³/mol. The van der Waals surface area contributed by atoms with Crippen LogP contribution in [0.25, 0.3) is 0 Å². The molecule has 0 fully saturated rings. The normalized spacial score (nSPS) is 13.5. The summed E-state index contributed by atoms with van der Waals surface area (Å²) in [5.74, 6) is 0.649. The Balaban J connectivity index is 2.72. The van der Waals surface area contributed by atoms with Crippen molar-refractivity contribution < 1.29 is 9.59 Å². The number of nitrogens with one attached hydrogen (secondary N) is 2. The first kappa shape index (κ1) is 19.0. The number of amides is 2. The Hall–Kier alpha value is -1.01. The van der Waals surface area contributed by atoms with Gasteiger partial charge in [0.25, 0.3) is 0 Å². The van der Waals surface area contributed by atoms with Gasteiger partial charge in [-0.1, -0.05) is 6.92 Å². The van der Waals surface area contributed by atoms with Crippen molar-refractivity contribution in [1.82, 2.24) is 10.6 Å². The standard InChI is InChI=1S/C16H26N2O2S2/c1-6-15(19)18-14(7-8-21-5)16(20)17-11(3)13-9-10(2)22-12(13)4/h9,11,14H,6-8H2,1-5H3,(H,17,20)(H,18,19)/t11-,14-/m0/s1. The molecule has 22 heavy (non-hydrogen) atoms. The number of aryl methyl sites for hydroxylation is 2. The third-order valence-electron chi connectivity index (χ3n) is 3.49. The summed E-state index contributed by atoms with van der Waals surface area (Å²) < 4.78 is 0. The van der Waals surface area contributed by atoms with Gasteiger partial charge >= 0.3 is 0 Å². The molecule has 0 aliphatic heterocycles. The van der Waals surface area contributed by atoms with Crippen LogP contribution in [-0.2, 0) is 9.59 Å². The average molecular weight is 343 g/mol. The lowest BCUT2D eigenvalue weighted by Crippen LogP contribution is -2.47. The molecule has 0 aromatic carbocycles. The van der Waals surface area contributed by atoms with E-state index in [0.717, 1.165) is 11.3 Å². The Morgan fingerprint density at radius 3 is 2.50 bits per heavy atom. The maximum absolute atomic E-state index is 12.5. The summed E-state index contributed by atoms with van der Waals surface area (Å²) in [5.41, 5.74) is 1.15. The second-order valence-electron chi connectivity index (χ2n) is 5.35. The summed E-state index contributed by atoms with van der Waals surface area (Å²) >= 11 is 3.41. The van der Waals surface area contributed by atoms with Gasteiger partial charge in [-0.3, -0.25) is 9.59 Å². The molecule has 124 valence electrons. The van der Waals surface area contributed by atoms with Crippen molar-refractivity contribution in [3.63, 3.8) is 0 Å². The van der Waals surface area contributed by atoms with Crippen LogP contribution < -0.4 is 10.6 Å². The van der Waals surface area contributed by atoms with Crippen molar-refractivity contribution in [3.05, 3.63) is 21.4 Å². The van der Waals surface area contributed by atoms with Crippen LogP contribution in [0.4, 0.5) is 0 Å². The maximum Gasteiger partial charge on any atom is 0.243 e. The molecule has 0 radical (unpaired) electrons. The highest BCUT2D eigenvalue weighted by atomic mass is 32.2. The maximum atomic E-state index is 12.5. The quantitative estimate of drug-likeness (QED) is 0.763. The molecule has 1 rings (SSSR count). The number of hydrogen-bond donors (Lipinski definition) is 2. The Bertz CT molecular complexity index is 514. The SMILES string of the molecule is CCC(=O)N[C@@H](CCSC)C(=O)N[C@@H](C)c1cc(C)sc1C. The number of hydrogen-bond acceptors (Lipinski definition) is 4. The molecule has 0 aliphatic carbocycles. The largest absolute Gasteiger partial charge is 0.348 e. The summed E-state index contributed by atoms with van der Waals surface area (Å²) in [6.07, 6.45) is 3.03. The van der Waals surface area contributed by atoms with Crippen LogP contribution in [0.5, 0.6) is 0 Å². The van der Waals surface area contributed by atoms with E-state index in [9.17, 15) is 9.59 Å². The van der Waals surface area contributed by atoms with Crippen molar-refractivity contribution in [2.75, 3.05) is 12.0 Å². The number of carbonyl (C=O) groups is 2. The fourth-order valence-electron chi connectivity index (χ4n) is 2.27. The third kappa shape index (κ3) is 5.65. The van der Waals surface area contributed by atoms with Gasteiger partial charge in [0.1, 0.15) is 6.04 Å². The lowest BCUT2D eigenvalue weighted by molar-refractivity contribution is -0.129. The molecule has 0 spiro atoms. The highest BCUT2D eigenvalue weighted by Crippen LogP contribution is 2.26. The van der Waals surface area contributed by atoms with E-state index in [1.54, 1.807) is 30.0 Å². The average Bonchev–Trinajstić information content (AvgIpc) is 2.81. The van der Waals surface area contributed by atoms with E-state index < -0.39 is 6.04 Å². The molecule has 0 saturated heterocycles. The highest BCUT2D eigenvalue weighted by molar-refractivity contribution is 7.98. The van der Waals surface area contributed by atoms with Gasteiger partial charge in [0.2, 0.25) is 11.8 Å². The first-order chi connectivity index (χ1) is 10.4. The molecule has 1 heterocycles. The summed E-state index contributed by atoms with van der Waals surface area (Å²) in [5, 5.41) is 5.85. The van der Waals surface area contributed by atoms with Crippen LogP contribution in [0.2, 0.25) is 0 Å². The Morgan fingerprint density at radius 2 is 2.00 bits per heavy atom. The smallest absolute Gasteiger partial charge is 0.243 e. The van der Waals surface area contributed by atoms with Crippen LogP contribution >= 0.6 is 23.1 Å². The van der Waals surface area contributed by atoms with E-state index in [-0.39, 0.29) is 17.9 Å². The summed E-state index contributed by atoms with van der Waals surface area (Å²) in [6, 6.07) is 1.61. The Kier molecular flexibility index (Phi) is 7.96. The molecule has 1 aromatic heterocycles. The molecular formula is C16H26N2O2S2. The summed E-state index contributed by atoms with van der Waals surface area (Å²) in [7, 11) is 0. The van der Waals surface area contributed by atoms with E-state index in [0.29, 0.717) is 12.8 Å². The molecule has 4 nitrogen and oxygen atoms in total. The minimum Gasteiger partial charge on any atom is -0.348 e. The Labute approximate surface area is 141 Å². The van der Waals surface area contributed by atoms with Gasteiger partial charge < -0.3 is 10.6 Å². The molecule has 0 unspecified atom stereocenters. The van der Waals surface area contributed by atoms with Gasteiger partial charge in [-0.2, -0.15) is 11.8 Å². The van der Waals surface area contributed by atoms with Gasteiger partial charge in [-0.25, -0.2) is 0 Å². The number of carbonyl (C=O) groups excluding carboxylic acids is 2. The summed E-state index contributed by atoms with van der Waals surface area (Å²) in [4.78, 5) is 26.5.